The van der Waals surface area contributed by atoms with E-state index in [0.29, 0.717) is 29.3 Å². The van der Waals surface area contributed by atoms with Crippen molar-refractivity contribution in [3.63, 3.8) is 0 Å². The normalized spacial score (nSPS) is 18.8. The lowest BCUT2D eigenvalue weighted by Crippen LogP contribution is -2.44. The average Bonchev–Trinajstić information content (AvgIpc) is 2.70. The number of nitrogens with zero attached hydrogens (tertiary/aromatic N) is 1. The van der Waals surface area contributed by atoms with E-state index in [-0.39, 0.29) is 34.8 Å². The molecule has 12 heteroatoms. The van der Waals surface area contributed by atoms with Crippen molar-refractivity contribution < 1.29 is 26.7 Å². The first-order valence-electron chi connectivity index (χ1n) is 10.2. The highest BCUT2D eigenvalue weighted by Crippen LogP contribution is 2.34. The molecular weight excluding hydrogens is 569 g/mol. The van der Waals surface area contributed by atoms with E-state index in [0.717, 1.165) is 16.4 Å². The predicted octanol–water partition coefficient (Wildman–Crippen LogP) is 3.50. The Morgan fingerprint density at radius 2 is 1.79 bits per heavy atom. The Labute approximate surface area is 205 Å². The highest BCUT2D eigenvalue weighted by Gasteiger charge is 2.28. The lowest BCUT2D eigenvalue weighted by molar-refractivity contribution is 0.0986. The molecule has 3 rings (SSSR count). The zero-order chi connectivity index (χ0) is 24.3. The lowest BCUT2D eigenvalue weighted by Gasteiger charge is -2.30. The monoisotopic (exact) mass is 594 g/mol. The number of rotatable bonds is 8. The number of nitrogens with two attached hydrogens (primary N) is 1. The highest BCUT2D eigenvalue weighted by molar-refractivity contribution is 14.1. The van der Waals surface area contributed by atoms with Crippen LogP contribution in [0.4, 0.5) is 20.2 Å². The molecule has 1 aliphatic carbocycles. The number of carbonyl (C=O) groups is 1. The summed E-state index contributed by atoms with van der Waals surface area (Å²) in [5.74, 6) is -2.16. The number of nitrogens with one attached hydrogen (secondary N) is 2. The second-order valence-electron chi connectivity index (χ2n) is 7.94. The molecule has 2 aromatic rings. The number of hydrogen-bond donors (Lipinski definition) is 3. The first-order valence-corrected chi connectivity index (χ1v) is 12.7. The van der Waals surface area contributed by atoms with Gasteiger partial charge in [0.15, 0.2) is 0 Å². The maximum absolute atomic E-state index is 14.4. The van der Waals surface area contributed by atoms with Gasteiger partial charge in [-0.15, -0.1) is 0 Å². The van der Waals surface area contributed by atoms with Gasteiger partial charge in [0.05, 0.1) is 17.5 Å². The van der Waals surface area contributed by atoms with E-state index in [1.807, 2.05) is 22.6 Å². The van der Waals surface area contributed by atoms with Gasteiger partial charge in [0, 0.05) is 29.8 Å². The fraction of sp³-hybridized carbons (Fsp3) is 0.381. The summed E-state index contributed by atoms with van der Waals surface area (Å²) in [7, 11) is -0.658. The summed E-state index contributed by atoms with van der Waals surface area (Å²) in [4.78, 5) is 12.2. The van der Waals surface area contributed by atoms with Gasteiger partial charge in [0.25, 0.3) is 16.1 Å². The fourth-order valence-electron chi connectivity index (χ4n) is 3.56. The third-order valence-corrected chi connectivity index (χ3v) is 7.54. The number of primary amides is 1. The van der Waals surface area contributed by atoms with Crippen molar-refractivity contribution in [2.75, 3.05) is 19.4 Å². The summed E-state index contributed by atoms with van der Waals surface area (Å²) in [6, 6.07) is 6.31. The van der Waals surface area contributed by atoms with Gasteiger partial charge in [-0.3, -0.25) is 4.79 Å². The number of halogens is 3. The summed E-state index contributed by atoms with van der Waals surface area (Å²) >= 11 is 1.96. The summed E-state index contributed by atoms with van der Waals surface area (Å²) in [6.45, 7) is 0. The molecule has 1 saturated carbocycles. The largest absolute Gasteiger partial charge is 0.489 e. The maximum atomic E-state index is 14.4. The predicted molar refractivity (Wildman–Crippen MR) is 130 cm³/mol. The second kappa shape index (κ2) is 10.5. The first kappa shape index (κ1) is 25.6. The quantitative estimate of drug-likeness (QED) is 0.405. The Morgan fingerprint density at radius 1 is 1.12 bits per heavy atom. The van der Waals surface area contributed by atoms with Gasteiger partial charge in [-0.2, -0.15) is 17.4 Å². The Kier molecular flexibility index (Phi) is 8.13. The lowest BCUT2D eigenvalue weighted by atomic mass is 9.93. The topological polar surface area (TPSA) is 114 Å². The Hall–Kier alpha value is -2.03. The number of amides is 1. The minimum absolute atomic E-state index is 0.00922. The van der Waals surface area contributed by atoms with Crippen molar-refractivity contribution in [1.29, 1.82) is 0 Å². The molecule has 0 radical (unpaired) electrons. The Balaban J connectivity index is 1.78. The van der Waals surface area contributed by atoms with Crippen LogP contribution in [0, 0.1) is 15.2 Å². The molecule has 0 bridgehead atoms. The molecule has 8 nitrogen and oxygen atoms in total. The van der Waals surface area contributed by atoms with Gasteiger partial charge >= 0.3 is 0 Å². The van der Waals surface area contributed by atoms with E-state index in [9.17, 15) is 22.0 Å². The molecule has 0 aromatic heterocycles. The van der Waals surface area contributed by atoms with Crippen LogP contribution in [-0.4, -0.2) is 44.9 Å². The molecule has 0 atom stereocenters. The zero-order valence-corrected chi connectivity index (χ0v) is 21.0. The van der Waals surface area contributed by atoms with E-state index in [1.165, 1.54) is 26.2 Å². The smallest absolute Gasteiger partial charge is 0.279 e. The molecule has 0 saturated heterocycles. The van der Waals surface area contributed by atoms with E-state index in [2.05, 4.69) is 10.0 Å². The second-order valence-corrected chi connectivity index (χ2v) is 11.1. The van der Waals surface area contributed by atoms with Gasteiger partial charge in [0.2, 0.25) is 0 Å². The molecule has 4 N–H and O–H groups in total. The van der Waals surface area contributed by atoms with Gasteiger partial charge in [-0.1, -0.05) is 0 Å². The molecule has 0 spiro atoms. The molecule has 180 valence electrons. The highest BCUT2D eigenvalue weighted by atomic mass is 127. The van der Waals surface area contributed by atoms with Crippen molar-refractivity contribution in [2.45, 2.75) is 37.8 Å². The average molecular weight is 594 g/mol. The molecule has 33 heavy (non-hydrogen) atoms. The summed E-state index contributed by atoms with van der Waals surface area (Å²) in [5.41, 5.74) is 5.50. The van der Waals surface area contributed by atoms with Gasteiger partial charge in [-0.05, 0) is 72.5 Å². The molecule has 1 fully saturated rings. The van der Waals surface area contributed by atoms with Crippen LogP contribution in [-0.2, 0) is 10.2 Å². The molecule has 1 amide bonds. The summed E-state index contributed by atoms with van der Waals surface area (Å²) in [6.07, 6.45) is 1.64. The van der Waals surface area contributed by atoms with Crippen LogP contribution >= 0.6 is 22.6 Å². The van der Waals surface area contributed by atoms with Crippen molar-refractivity contribution in [3.05, 3.63) is 51.1 Å². The molecule has 2 aromatic carbocycles. The van der Waals surface area contributed by atoms with E-state index in [1.54, 1.807) is 6.07 Å². The molecule has 0 heterocycles. The van der Waals surface area contributed by atoms with Crippen LogP contribution in [0.1, 0.15) is 36.0 Å². The van der Waals surface area contributed by atoms with Gasteiger partial charge in [0.1, 0.15) is 22.9 Å². The maximum Gasteiger partial charge on any atom is 0.279 e. The van der Waals surface area contributed by atoms with E-state index in [4.69, 9.17) is 10.5 Å². The molecule has 0 aliphatic heterocycles. The van der Waals surface area contributed by atoms with E-state index >= 15 is 0 Å². The Bertz CT molecular complexity index is 1140. The molecule has 1 aliphatic rings. The van der Waals surface area contributed by atoms with E-state index < -0.39 is 27.8 Å². The summed E-state index contributed by atoms with van der Waals surface area (Å²) in [5, 5.41) is 2.73. The van der Waals surface area contributed by atoms with Crippen molar-refractivity contribution in [1.82, 2.24) is 9.03 Å². The van der Waals surface area contributed by atoms with Crippen LogP contribution in [0.15, 0.2) is 30.3 Å². The van der Waals surface area contributed by atoms with Crippen molar-refractivity contribution >= 4 is 50.1 Å². The SMILES string of the molecule is CN(C)S(=O)(=O)NC1CCC(Oc2cc(F)cc(Nc3ccc(I)cc3F)c2C(N)=O)CC1. The van der Waals surface area contributed by atoms with Crippen LogP contribution < -0.4 is 20.5 Å². The van der Waals surface area contributed by atoms with Crippen molar-refractivity contribution in [3.8, 4) is 5.75 Å². The number of hydrogen-bond acceptors (Lipinski definition) is 5. The minimum atomic E-state index is -3.55. The third kappa shape index (κ3) is 6.52. The summed E-state index contributed by atoms with van der Waals surface area (Å²) < 4.78 is 63.0. The number of ether oxygens (including phenoxy) is 1. The van der Waals surface area contributed by atoms with Crippen LogP contribution in [0.3, 0.4) is 0 Å². The molecule has 0 unspecified atom stereocenters. The number of carbonyl (C=O) groups excluding carboxylic acids is 1. The van der Waals surface area contributed by atoms with Crippen LogP contribution in [0.5, 0.6) is 5.75 Å². The van der Waals surface area contributed by atoms with Crippen LogP contribution in [0.25, 0.3) is 0 Å². The Morgan fingerprint density at radius 3 is 2.36 bits per heavy atom. The van der Waals surface area contributed by atoms with Crippen molar-refractivity contribution in [2.24, 2.45) is 5.73 Å². The first-order chi connectivity index (χ1) is 15.5. The van der Waals surface area contributed by atoms with Gasteiger partial charge < -0.3 is 15.8 Å². The van der Waals surface area contributed by atoms with Crippen LogP contribution in [0.2, 0.25) is 0 Å². The number of anilines is 2. The zero-order valence-electron chi connectivity index (χ0n) is 18.1. The minimum Gasteiger partial charge on any atom is -0.489 e. The van der Waals surface area contributed by atoms with Gasteiger partial charge in [-0.25, -0.2) is 8.78 Å². The standard InChI is InChI=1S/C21H25F2IN4O4S/c1-28(2)33(30,31)27-14-4-6-15(7-5-14)32-19-10-12(22)9-18(20(19)21(25)29)26-17-8-3-13(24)11-16(17)23/h3,8-11,14-15,26-27H,4-7H2,1-2H3,(H2,25,29). The molecular formula is C21H25F2IN4O4S. The third-order valence-electron chi connectivity index (χ3n) is 5.28. The fourth-order valence-corrected chi connectivity index (χ4v) is 4.88. The number of benzene rings is 2.